The summed E-state index contributed by atoms with van der Waals surface area (Å²) in [5.41, 5.74) is 2.24. The summed E-state index contributed by atoms with van der Waals surface area (Å²) in [5.74, 6) is 0.0827. The number of carbonyl (C=O) groups is 1. The second kappa shape index (κ2) is 8.97. The van der Waals surface area contributed by atoms with Gasteiger partial charge in [-0.3, -0.25) is 4.79 Å². The molecule has 0 bridgehead atoms. The Kier molecular flexibility index (Phi) is 6.42. The fourth-order valence-electron chi connectivity index (χ4n) is 3.69. The number of hydrogen-bond donors (Lipinski definition) is 1. The molecule has 0 aliphatic carbocycles. The first-order chi connectivity index (χ1) is 12.7. The van der Waals surface area contributed by atoms with Crippen molar-refractivity contribution in [1.82, 2.24) is 4.90 Å². The van der Waals surface area contributed by atoms with Crippen LogP contribution in [0.15, 0.2) is 60.7 Å². The molecule has 1 N–H and O–H groups in total. The van der Waals surface area contributed by atoms with Crippen LogP contribution in [0, 0.1) is 11.8 Å². The van der Waals surface area contributed by atoms with Crippen molar-refractivity contribution in [3.63, 3.8) is 0 Å². The van der Waals surface area contributed by atoms with Gasteiger partial charge in [-0.15, -0.1) is 0 Å². The minimum absolute atomic E-state index is 0.0315. The molecule has 3 rings (SSSR count). The zero-order valence-electron chi connectivity index (χ0n) is 15.3. The Balaban J connectivity index is 1.64. The van der Waals surface area contributed by atoms with Gasteiger partial charge in [-0.2, -0.15) is 0 Å². The predicted octanol–water partition coefficient (Wildman–Crippen LogP) is 3.42. The highest BCUT2D eigenvalue weighted by atomic mass is 16.5. The summed E-state index contributed by atoms with van der Waals surface area (Å²) in [6.45, 7) is 3.74. The van der Waals surface area contributed by atoms with Gasteiger partial charge in [-0.25, -0.2) is 0 Å². The van der Waals surface area contributed by atoms with E-state index in [0.717, 1.165) is 11.1 Å². The van der Waals surface area contributed by atoms with Crippen molar-refractivity contribution in [3.05, 3.63) is 71.8 Å². The zero-order chi connectivity index (χ0) is 18.4. The van der Waals surface area contributed by atoms with E-state index < -0.39 is 0 Å². The van der Waals surface area contributed by atoms with Crippen molar-refractivity contribution in [2.75, 3.05) is 19.8 Å². The van der Waals surface area contributed by atoms with Crippen LogP contribution in [-0.2, 0) is 16.1 Å². The molecule has 1 aliphatic rings. The van der Waals surface area contributed by atoms with Gasteiger partial charge >= 0.3 is 0 Å². The number of ether oxygens (including phenoxy) is 1. The minimum Gasteiger partial charge on any atom is -0.396 e. The van der Waals surface area contributed by atoms with Crippen molar-refractivity contribution >= 4 is 5.91 Å². The van der Waals surface area contributed by atoms with Crippen LogP contribution in [-0.4, -0.2) is 35.7 Å². The van der Waals surface area contributed by atoms with E-state index in [2.05, 4.69) is 19.1 Å². The van der Waals surface area contributed by atoms with Gasteiger partial charge in [-0.05, 0) is 30.4 Å². The third-order valence-electron chi connectivity index (χ3n) is 5.26. The van der Waals surface area contributed by atoms with Gasteiger partial charge in [0, 0.05) is 13.2 Å². The molecule has 1 fully saturated rings. The number of aliphatic hydroxyl groups excluding tert-OH is 1. The van der Waals surface area contributed by atoms with Gasteiger partial charge in [0.1, 0.15) is 0 Å². The van der Waals surface area contributed by atoms with Crippen molar-refractivity contribution in [2.45, 2.75) is 26.0 Å². The lowest BCUT2D eigenvalue weighted by Crippen LogP contribution is -2.31. The second-order valence-corrected chi connectivity index (χ2v) is 6.96. The lowest BCUT2D eigenvalue weighted by molar-refractivity contribution is -0.134. The highest BCUT2D eigenvalue weighted by molar-refractivity contribution is 5.82. The third-order valence-corrected chi connectivity index (χ3v) is 5.26. The van der Waals surface area contributed by atoms with Crippen LogP contribution in [0.2, 0.25) is 0 Å². The molecule has 1 amide bonds. The molecule has 0 unspecified atom stereocenters. The molecule has 0 spiro atoms. The zero-order valence-corrected chi connectivity index (χ0v) is 15.3. The molecule has 26 heavy (non-hydrogen) atoms. The van der Waals surface area contributed by atoms with Crippen LogP contribution in [0.1, 0.15) is 30.5 Å². The van der Waals surface area contributed by atoms with Crippen molar-refractivity contribution < 1.29 is 14.6 Å². The number of hydrogen-bond acceptors (Lipinski definition) is 3. The van der Waals surface area contributed by atoms with Crippen molar-refractivity contribution in [1.29, 1.82) is 0 Å². The Morgan fingerprint density at radius 3 is 2.42 bits per heavy atom. The quantitative estimate of drug-likeness (QED) is 0.791. The molecule has 1 heterocycles. The summed E-state index contributed by atoms with van der Waals surface area (Å²) < 4.78 is 5.86. The predicted molar refractivity (Wildman–Crippen MR) is 101 cm³/mol. The van der Waals surface area contributed by atoms with Crippen LogP contribution in [0.3, 0.4) is 0 Å². The Labute approximate surface area is 155 Å². The summed E-state index contributed by atoms with van der Waals surface area (Å²) in [7, 11) is 0. The number of carbonyl (C=O) groups excluding carboxylic acids is 1. The molecular weight excluding hydrogens is 326 g/mol. The molecule has 0 saturated carbocycles. The van der Waals surface area contributed by atoms with Crippen LogP contribution in [0.5, 0.6) is 0 Å². The highest BCUT2D eigenvalue weighted by Gasteiger charge is 2.42. The molecule has 3 atom stereocenters. The maximum Gasteiger partial charge on any atom is 0.228 e. The summed E-state index contributed by atoms with van der Waals surface area (Å²) in [5, 5.41) is 9.41. The van der Waals surface area contributed by atoms with Gasteiger partial charge in [0.25, 0.3) is 0 Å². The monoisotopic (exact) mass is 353 g/mol. The summed E-state index contributed by atoms with van der Waals surface area (Å²) in [4.78, 5) is 14.9. The maximum absolute atomic E-state index is 13.0. The smallest absolute Gasteiger partial charge is 0.228 e. The lowest BCUT2D eigenvalue weighted by atomic mass is 9.93. The van der Waals surface area contributed by atoms with Crippen molar-refractivity contribution in [3.8, 4) is 0 Å². The van der Waals surface area contributed by atoms with Gasteiger partial charge < -0.3 is 14.7 Å². The first-order valence-corrected chi connectivity index (χ1v) is 9.28. The van der Waals surface area contributed by atoms with Gasteiger partial charge in [0.15, 0.2) is 0 Å². The normalized spacial score (nSPS) is 21.2. The number of likely N-dealkylation sites (tertiary alicyclic amines) is 1. The molecule has 1 aliphatic heterocycles. The van der Waals surface area contributed by atoms with Crippen molar-refractivity contribution in [2.24, 2.45) is 11.8 Å². The maximum atomic E-state index is 13.0. The van der Waals surface area contributed by atoms with E-state index in [4.69, 9.17) is 4.74 Å². The number of rotatable bonds is 8. The van der Waals surface area contributed by atoms with Gasteiger partial charge in [-0.1, -0.05) is 60.7 Å². The number of nitrogens with zero attached hydrogens (tertiary/aromatic N) is 1. The van der Waals surface area contributed by atoms with E-state index in [0.29, 0.717) is 26.2 Å². The molecule has 0 radical (unpaired) electrons. The average Bonchev–Trinajstić information content (AvgIpc) is 2.99. The number of amides is 1. The summed E-state index contributed by atoms with van der Waals surface area (Å²) >= 11 is 0. The highest BCUT2D eigenvalue weighted by Crippen LogP contribution is 2.34. The van der Waals surface area contributed by atoms with E-state index in [1.807, 2.05) is 53.4 Å². The Bertz CT molecular complexity index is 689. The number of benzene rings is 2. The fourth-order valence-corrected chi connectivity index (χ4v) is 3.69. The average molecular weight is 353 g/mol. The summed E-state index contributed by atoms with van der Waals surface area (Å²) in [6.07, 6.45) is 0.628. The number of aliphatic hydroxyl groups is 1. The first kappa shape index (κ1) is 18.6. The van der Waals surface area contributed by atoms with Gasteiger partial charge in [0.05, 0.1) is 25.2 Å². The van der Waals surface area contributed by atoms with Gasteiger partial charge in [0.2, 0.25) is 5.91 Å². The Hall–Kier alpha value is -2.17. The minimum atomic E-state index is -0.183. The molecule has 1 saturated heterocycles. The van der Waals surface area contributed by atoms with E-state index >= 15 is 0 Å². The molecule has 138 valence electrons. The van der Waals surface area contributed by atoms with E-state index in [1.165, 1.54) is 0 Å². The topological polar surface area (TPSA) is 49.8 Å². The lowest BCUT2D eigenvalue weighted by Gasteiger charge is -2.25. The second-order valence-electron chi connectivity index (χ2n) is 6.96. The standard InChI is InChI=1S/C22H27NO3/c1-17(19-10-6-3-7-11-19)23-14-20(12-13-24)21(22(23)25)16-26-15-18-8-4-2-5-9-18/h2-11,17,20-21,24H,12-16H2,1H3/t17-,20-,21+/m1/s1. The molecule has 2 aromatic rings. The van der Waals surface area contributed by atoms with Crippen LogP contribution in [0.25, 0.3) is 0 Å². The molecule has 4 heteroatoms. The summed E-state index contributed by atoms with van der Waals surface area (Å²) in [6, 6.07) is 20.1. The largest absolute Gasteiger partial charge is 0.396 e. The Morgan fingerprint density at radius 1 is 1.12 bits per heavy atom. The fraction of sp³-hybridized carbons (Fsp3) is 0.409. The first-order valence-electron chi connectivity index (χ1n) is 9.28. The molecule has 4 nitrogen and oxygen atoms in total. The van der Waals surface area contributed by atoms with E-state index in [1.54, 1.807) is 0 Å². The van der Waals surface area contributed by atoms with Crippen LogP contribution in [0.4, 0.5) is 0 Å². The molecule has 0 aromatic heterocycles. The molecule has 2 aromatic carbocycles. The van der Waals surface area contributed by atoms with E-state index in [-0.39, 0.29) is 30.4 Å². The molecular formula is C22H27NO3. The Morgan fingerprint density at radius 2 is 1.77 bits per heavy atom. The third kappa shape index (κ3) is 4.32. The SMILES string of the molecule is C[C@H](c1ccccc1)N1C[C@@H](CCO)[C@H](COCc2ccccc2)C1=O. The van der Waals surface area contributed by atoms with Crippen LogP contribution >= 0.6 is 0 Å². The van der Waals surface area contributed by atoms with E-state index in [9.17, 15) is 9.90 Å². The van der Waals surface area contributed by atoms with Crippen LogP contribution < -0.4 is 0 Å².